The number of nitrogens with zero attached hydrogens (tertiary/aromatic N) is 1. The van der Waals surface area contributed by atoms with E-state index < -0.39 is 0 Å². The summed E-state index contributed by atoms with van der Waals surface area (Å²) < 4.78 is 5.55. The quantitative estimate of drug-likeness (QED) is 0.611. The molecule has 1 aliphatic rings. The predicted molar refractivity (Wildman–Crippen MR) is 70.2 cm³/mol. The summed E-state index contributed by atoms with van der Waals surface area (Å²) >= 11 is 0. The first-order valence-corrected chi connectivity index (χ1v) is 5.74. The van der Waals surface area contributed by atoms with Gasteiger partial charge in [0, 0.05) is 24.1 Å². The van der Waals surface area contributed by atoms with Gasteiger partial charge >= 0.3 is 0 Å². The van der Waals surface area contributed by atoms with Gasteiger partial charge in [-0.05, 0) is 12.1 Å². The van der Waals surface area contributed by atoms with E-state index in [9.17, 15) is 4.79 Å². The minimum Gasteiger partial charge on any atom is -0.488 e. The molecule has 1 heterocycles. The van der Waals surface area contributed by atoms with Gasteiger partial charge in [0.25, 0.3) is 0 Å². The van der Waals surface area contributed by atoms with Gasteiger partial charge in [-0.2, -0.15) is 5.10 Å². The molecule has 0 atom stereocenters. The summed E-state index contributed by atoms with van der Waals surface area (Å²) in [5, 5.41) is 3.86. The lowest BCUT2D eigenvalue weighted by Gasteiger charge is -2.15. The standard InChI is InChI=1S/C13H15N3O2/c14-6-5-13(17)16-15-8-10-7-11-3-1-2-4-12(11)18-9-10/h1-4,7-8H,5-6,9,14H2,(H,16,17)/b15-8-. The Labute approximate surface area is 105 Å². The van der Waals surface area contributed by atoms with Crippen LogP contribution in [0.1, 0.15) is 12.0 Å². The van der Waals surface area contributed by atoms with E-state index in [0.717, 1.165) is 16.9 Å². The van der Waals surface area contributed by atoms with Gasteiger partial charge in [-0.1, -0.05) is 18.2 Å². The third-order valence-electron chi connectivity index (χ3n) is 2.45. The van der Waals surface area contributed by atoms with Gasteiger partial charge in [0.1, 0.15) is 12.4 Å². The van der Waals surface area contributed by atoms with Crippen LogP contribution in [0.25, 0.3) is 6.08 Å². The number of hydrogen-bond acceptors (Lipinski definition) is 4. The van der Waals surface area contributed by atoms with E-state index in [1.807, 2.05) is 30.3 Å². The number of carbonyl (C=O) groups is 1. The fourth-order valence-electron chi connectivity index (χ4n) is 1.58. The van der Waals surface area contributed by atoms with Crippen LogP contribution in [0.2, 0.25) is 0 Å². The number of ether oxygens (including phenoxy) is 1. The normalized spacial score (nSPS) is 13.7. The molecule has 5 nitrogen and oxygen atoms in total. The molecule has 0 spiro atoms. The molecule has 3 N–H and O–H groups in total. The Balaban J connectivity index is 1.97. The fourth-order valence-corrected chi connectivity index (χ4v) is 1.58. The van der Waals surface area contributed by atoms with Crippen LogP contribution in [0.5, 0.6) is 5.75 Å². The fraction of sp³-hybridized carbons (Fsp3) is 0.231. The van der Waals surface area contributed by atoms with E-state index >= 15 is 0 Å². The van der Waals surface area contributed by atoms with Gasteiger partial charge in [0.2, 0.25) is 5.91 Å². The van der Waals surface area contributed by atoms with Crippen molar-refractivity contribution in [1.29, 1.82) is 0 Å². The number of rotatable bonds is 4. The monoisotopic (exact) mass is 245 g/mol. The van der Waals surface area contributed by atoms with Crippen molar-refractivity contribution in [3.05, 3.63) is 35.4 Å². The summed E-state index contributed by atoms with van der Waals surface area (Å²) in [6.45, 7) is 0.772. The Morgan fingerprint density at radius 1 is 1.50 bits per heavy atom. The molecule has 0 saturated carbocycles. The maximum atomic E-state index is 11.1. The molecule has 1 aromatic carbocycles. The maximum Gasteiger partial charge on any atom is 0.241 e. The van der Waals surface area contributed by atoms with E-state index in [-0.39, 0.29) is 12.3 Å². The molecule has 1 aliphatic heterocycles. The second-order valence-corrected chi connectivity index (χ2v) is 3.88. The lowest BCUT2D eigenvalue weighted by molar-refractivity contribution is -0.120. The van der Waals surface area contributed by atoms with E-state index in [4.69, 9.17) is 10.5 Å². The minimum absolute atomic E-state index is 0.188. The van der Waals surface area contributed by atoms with Crippen LogP contribution in [-0.4, -0.2) is 25.3 Å². The number of amides is 1. The zero-order chi connectivity index (χ0) is 12.8. The number of para-hydroxylation sites is 1. The molecule has 0 aliphatic carbocycles. The third-order valence-corrected chi connectivity index (χ3v) is 2.45. The second-order valence-electron chi connectivity index (χ2n) is 3.88. The molecule has 0 bridgehead atoms. The number of fused-ring (bicyclic) bond motifs is 1. The Kier molecular flexibility index (Phi) is 4.09. The lowest BCUT2D eigenvalue weighted by Crippen LogP contribution is -2.21. The Bertz CT molecular complexity index is 495. The lowest BCUT2D eigenvalue weighted by atomic mass is 10.1. The van der Waals surface area contributed by atoms with Crippen LogP contribution in [0.3, 0.4) is 0 Å². The van der Waals surface area contributed by atoms with Gasteiger partial charge in [-0.15, -0.1) is 0 Å². The maximum absolute atomic E-state index is 11.1. The van der Waals surface area contributed by atoms with Crippen molar-refractivity contribution in [3.8, 4) is 5.75 Å². The first kappa shape index (κ1) is 12.3. The molecule has 0 saturated heterocycles. The number of nitrogens with two attached hydrogens (primary N) is 1. The van der Waals surface area contributed by atoms with Crippen LogP contribution < -0.4 is 15.9 Å². The molecule has 18 heavy (non-hydrogen) atoms. The summed E-state index contributed by atoms with van der Waals surface area (Å²) in [6, 6.07) is 7.76. The predicted octanol–water partition coefficient (Wildman–Crippen LogP) is 0.913. The highest BCUT2D eigenvalue weighted by molar-refractivity contribution is 5.88. The molecule has 1 aromatic rings. The molecular formula is C13H15N3O2. The summed E-state index contributed by atoms with van der Waals surface area (Å²) in [4.78, 5) is 11.1. The smallest absolute Gasteiger partial charge is 0.241 e. The molecule has 0 unspecified atom stereocenters. The largest absolute Gasteiger partial charge is 0.488 e. The molecule has 1 amide bonds. The number of benzene rings is 1. The molecule has 2 rings (SSSR count). The summed E-state index contributed by atoms with van der Waals surface area (Å²) in [5.41, 5.74) is 9.58. The Morgan fingerprint density at radius 2 is 2.33 bits per heavy atom. The highest BCUT2D eigenvalue weighted by atomic mass is 16.5. The highest BCUT2D eigenvalue weighted by Gasteiger charge is 2.08. The van der Waals surface area contributed by atoms with E-state index in [1.54, 1.807) is 6.21 Å². The molecule has 0 radical (unpaired) electrons. The van der Waals surface area contributed by atoms with Crippen molar-refractivity contribution >= 4 is 18.2 Å². The van der Waals surface area contributed by atoms with E-state index in [2.05, 4.69) is 10.5 Å². The SMILES string of the molecule is NCCC(=O)N/N=C\C1=Cc2ccccc2OC1. The summed E-state index contributed by atoms with van der Waals surface area (Å²) in [5.74, 6) is 0.674. The zero-order valence-corrected chi connectivity index (χ0v) is 9.93. The number of carbonyl (C=O) groups excluding carboxylic acids is 1. The zero-order valence-electron chi connectivity index (χ0n) is 9.93. The summed E-state index contributed by atoms with van der Waals surface area (Å²) in [7, 11) is 0. The van der Waals surface area contributed by atoms with Crippen molar-refractivity contribution in [1.82, 2.24) is 5.43 Å². The van der Waals surface area contributed by atoms with Crippen molar-refractivity contribution in [2.24, 2.45) is 10.8 Å². The van der Waals surface area contributed by atoms with Gasteiger partial charge in [0.05, 0.1) is 6.21 Å². The number of hydrazone groups is 1. The second kappa shape index (κ2) is 5.97. The Morgan fingerprint density at radius 3 is 3.17 bits per heavy atom. The van der Waals surface area contributed by atoms with Gasteiger partial charge in [0.15, 0.2) is 0 Å². The van der Waals surface area contributed by atoms with Crippen LogP contribution in [0.4, 0.5) is 0 Å². The van der Waals surface area contributed by atoms with Crippen molar-refractivity contribution in [3.63, 3.8) is 0 Å². The molecule has 0 fully saturated rings. The Hall–Kier alpha value is -2.14. The molecular weight excluding hydrogens is 230 g/mol. The first-order chi connectivity index (χ1) is 8.79. The highest BCUT2D eigenvalue weighted by Crippen LogP contribution is 2.24. The average Bonchev–Trinajstić information content (AvgIpc) is 2.39. The topological polar surface area (TPSA) is 76.7 Å². The average molecular weight is 245 g/mol. The van der Waals surface area contributed by atoms with Crippen molar-refractivity contribution in [2.75, 3.05) is 13.2 Å². The third kappa shape index (κ3) is 3.18. The minimum atomic E-state index is -0.188. The van der Waals surface area contributed by atoms with Gasteiger partial charge in [-0.25, -0.2) is 5.43 Å². The van der Waals surface area contributed by atoms with Crippen LogP contribution in [-0.2, 0) is 4.79 Å². The van der Waals surface area contributed by atoms with Crippen LogP contribution in [0, 0.1) is 0 Å². The molecule has 0 aromatic heterocycles. The first-order valence-electron chi connectivity index (χ1n) is 5.74. The van der Waals surface area contributed by atoms with E-state index in [1.165, 1.54) is 0 Å². The van der Waals surface area contributed by atoms with Crippen LogP contribution >= 0.6 is 0 Å². The van der Waals surface area contributed by atoms with Crippen LogP contribution in [0.15, 0.2) is 34.9 Å². The van der Waals surface area contributed by atoms with E-state index in [0.29, 0.717) is 13.2 Å². The molecule has 94 valence electrons. The van der Waals surface area contributed by atoms with Gasteiger partial charge in [-0.3, -0.25) is 4.79 Å². The number of hydrogen-bond donors (Lipinski definition) is 2. The van der Waals surface area contributed by atoms with Crippen molar-refractivity contribution < 1.29 is 9.53 Å². The number of nitrogens with one attached hydrogen (secondary N) is 1. The van der Waals surface area contributed by atoms with Crippen molar-refractivity contribution in [2.45, 2.75) is 6.42 Å². The molecule has 5 heteroatoms. The van der Waals surface area contributed by atoms with Gasteiger partial charge < -0.3 is 10.5 Å². The summed E-state index contributed by atoms with van der Waals surface area (Å²) in [6.07, 6.45) is 3.84.